The zero-order chi connectivity index (χ0) is 15.0. The van der Waals surface area contributed by atoms with Crippen LogP contribution in [0.4, 0.5) is 5.69 Å². The van der Waals surface area contributed by atoms with Gasteiger partial charge < -0.3 is 10.2 Å². The number of likely N-dealkylation sites (tertiary alicyclic amines) is 1. The molecule has 2 bridgehead atoms. The fraction of sp³-hybridized carbons (Fsp3) is 0.667. The maximum Gasteiger partial charge on any atom is 0.0455 e. The van der Waals surface area contributed by atoms with Gasteiger partial charge in [-0.15, -0.1) is 0 Å². The molecule has 1 aliphatic heterocycles. The zero-order valence-electron chi connectivity index (χ0n) is 13.4. The maximum absolute atomic E-state index is 6.27. The molecular formula is C18H27ClN2. The fourth-order valence-electron chi connectivity index (χ4n) is 4.01. The number of rotatable bonds is 3. The summed E-state index contributed by atoms with van der Waals surface area (Å²) in [5.41, 5.74) is 2.34. The van der Waals surface area contributed by atoms with Crippen molar-refractivity contribution in [2.75, 3.05) is 18.4 Å². The molecule has 1 N–H and O–H groups in total. The summed E-state index contributed by atoms with van der Waals surface area (Å²) >= 11 is 6.27. The second kappa shape index (κ2) is 6.18. The largest absolute Gasteiger partial charge is 0.382 e. The fourth-order valence-corrected chi connectivity index (χ4v) is 4.19. The van der Waals surface area contributed by atoms with Gasteiger partial charge in [-0.05, 0) is 63.1 Å². The Bertz CT molecular complexity index is 486. The predicted octanol–water partition coefficient (Wildman–Crippen LogP) is 4.57. The quantitative estimate of drug-likeness (QED) is 0.880. The third kappa shape index (κ3) is 3.22. The first-order valence-electron chi connectivity index (χ1n) is 8.31. The van der Waals surface area contributed by atoms with E-state index in [2.05, 4.69) is 49.2 Å². The first-order chi connectivity index (χ1) is 10.0. The summed E-state index contributed by atoms with van der Waals surface area (Å²) in [4.78, 5) is 2.66. The van der Waals surface area contributed by atoms with E-state index in [9.17, 15) is 0 Å². The van der Waals surface area contributed by atoms with Gasteiger partial charge in [0.25, 0.3) is 0 Å². The molecule has 0 spiro atoms. The third-order valence-electron chi connectivity index (χ3n) is 5.34. The van der Waals surface area contributed by atoms with Crippen molar-refractivity contribution in [3.8, 4) is 0 Å². The molecule has 1 heterocycles. The Morgan fingerprint density at radius 1 is 1.19 bits per heavy atom. The van der Waals surface area contributed by atoms with Crippen LogP contribution in [0.25, 0.3) is 0 Å². The molecule has 21 heavy (non-hydrogen) atoms. The lowest BCUT2D eigenvalue weighted by atomic mass is 9.73. The molecule has 1 saturated heterocycles. The Balaban J connectivity index is 1.74. The van der Waals surface area contributed by atoms with E-state index in [1.807, 2.05) is 0 Å². The van der Waals surface area contributed by atoms with Crippen molar-refractivity contribution < 1.29 is 0 Å². The number of hydrogen-bond acceptors (Lipinski definition) is 2. The van der Waals surface area contributed by atoms with Crippen molar-refractivity contribution in [3.63, 3.8) is 0 Å². The number of piperidine rings is 1. The number of anilines is 1. The molecule has 3 rings (SSSR count). The molecule has 1 aliphatic carbocycles. The van der Waals surface area contributed by atoms with Gasteiger partial charge in [-0.25, -0.2) is 0 Å². The average Bonchev–Trinajstić information content (AvgIpc) is 2.42. The van der Waals surface area contributed by atoms with Gasteiger partial charge in [0.05, 0.1) is 0 Å². The minimum Gasteiger partial charge on any atom is -0.382 e. The van der Waals surface area contributed by atoms with E-state index in [0.29, 0.717) is 12.1 Å². The van der Waals surface area contributed by atoms with Crippen molar-refractivity contribution in [3.05, 3.63) is 28.8 Å². The summed E-state index contributed by atoms with van der Waals surface area (Å²) in [6, 6.07) is 7.66. The van der Waals surface area contributed by atoms with Gasteiger partial charge in [0, 0.05) is 35.9 Å². The normalized spacial score (nSPS) is 29.7. The smallest absolute Gasteiger partial charge is 0.0455 e. The first-order valence-corrected chi connectivity index (χ1v) is 8.69. The highest BCUT2D eigenvalue weighted by Crippen LogP contribution is 2.37. The van der Waals surface area contributed by atoms with Crippen LogP contribution in [-0.4, -0.2) is 30.1 Å². The number of nitrogens with one attached hydrogen (secondary N) is 1. The van der Waals surface area contributed by atoms with Gasteiger partial charge >= 0.3 is 0 Å². The second-order valence-electron chi connectivity index (χ2n) is 7.13. The van der Waals surface area contributed by atoms with Crippen LogP contribution in [0.2, 0.25) is 5.02 Å². The first kappa shape index (κ1) is 15.2. The summed E-state index contributed by atoms with van der Waals surface area (Å²) in [5, 5.41) is 4.66. The van der Waals surface area contributed by atoms with Crippen LogP contribution in [0.15, 0.2) is 18.2 Å². The standard InChI is InChI=1S/C18H27ClN2/c1-12(2)21-10-14-5-4-6-15(11-21)18(14)20-16-8-7-13(3)17(19)9-16/h7-9,12,14-15,18,20H,4-6,10-11H2,1-3H3. The lowest BCUT2D eigenvalue weighted by Crippen LogP contribution is -2.56. The van der Waals surface area contributed by atoms with Crippen LogP contribution in [0.5, 0.6) is 0 Å². The van der Waals surface area contributed by atoms with Crippen LogP contribution in [-0.2, 0) is 0 Å². The number of nitrogens with zero attached hydrogens (tertiary/aromatic N) is 1. The molecule has 1 aromatic carbocycles. The molecule has 2 nitrogen and oxygen atoms in total. The molecule has 0 radical (unpaired) electrons. The van der Waals surface area contributed by atoms with Gasteiger partial charge in [0.15, 0.2) is 0 Å². The van der Waals surface area contributed by atoms with E-state index in [1.165, 1.54) is 38.0 Å². The van der Waals surface area contributed by atoms with E-state index >= 15 is 0 Å². The maximum atomic E-state index is 6.27. The Labute approximate surface area is 133 Å². The highest BCUT2D eigenvalue weighted by Gasteiger charge is 2.39. The molecule has 0 aromatic heterocycles. The van der Waals surface area contributed by atoms with Crippen LogP contribution < -0.4 is 5.32 Å². The zero-order valence-corrected chi connectivity index (χ0v) is 14.2. The van der Waals surface area contributed by atoms with E-state index in [-0.39, 0.29) is 0 Å². The summed E-state index contributed by atoms with van der Waals surface area (Å²) in [5.74, 6) is 1.56. The van der Waals surface area contributed by atoms with Crippen molar-refractivity contribution in [2.24, 2.45) is 11.8 Å². The Hall–Kier alpha value is -0.730. The minimum absolute atomic E-state index is 0.618. The van der Waals surface area contributed by atoms with Crippen molar-refractivity contribution in [2.45, 2.75) is 52.1 Å². The number of hydrogen-bond donors (Lipinski definition) is 1. The van der Waals surface area contributed by atoms with Crippen LogP contribution in [0, 0.1) is 18.8 Å². The topological polar surface area (TPSA) is 15.3 Å². The van der Waals surface area contributed by atoms with Crippen molar-refractivity contribution in [1.82, 2.24) is 4.90 Å². The Morgan fingerprint density at radius 2 is 1.86 bits per heavy atom. The molecule has 2 fully saturated rings. The molecule has 116 valence electrons. The van der Waals surface area contributed by atoms with Crippen molar-refractivity contribution in [1.29, 1.82) is 0 Å². The Kier molecular flexibility index (Phi) is 4.46. The molecular weight excluding hydrogens is 280 g/mol. The SMILES string of the molecule is Cc1ccc(NC2C3CCCC2CN(C(C)C)C3)cc1Cl. The lowest BCUT2D eigenvalue weighted by Gasteiger charge is -2.49. The minimum atomic E-state index is 0.618. The molecule has 2 atom stereocenters. The van der Waals surface area contributed by atoms with Gasteiger partial charge in [-0.2, -0.15) is 0 Å². The van der Waals surface area contributed by atoms with E-state index in [0.717, 1.165) is 22.4 Å². The summed E-state index contributed by atoms with van der Waals surface area (Å²) in [7, 11) is 0. The molecule has 1 saturated carbocycles. The van der Waals surface area contributed by atoms with Gasteiger partial charge in [0.1, 0.15) is 0 Å². The van der Waals surface area contributed by atoms with E-state index in [1.54, 1.807) is 0 Å². The lowest BCUT2D eigenvalue weighted by molar-refractivity contribution is 0.0518. The van der Waals surface area contributed by atoms with Crippen molar-refractivity contribution >= 4 is 17.3 Å². The molecule has 0 amide bonds. The molecule has 1 aromatic rings. The summed E-state index contributed by atoms with van der Waals surface area (Å²) in [6.45, 7) is 9.19. The second-order valence-corrected chi connectivity index (χ2v) is 7.54. The third-order valence-corrected chi connectivity index (χ3v) is 5.75. The summed E-state index contributed by atoms with van der Waals surface area (Å²) < 4.78 is 0. The Morgan fingerprint density at radius 3 is 2.43 bits per heavy atom. The number of halogens is 1. The highest BCUT2D eigenvalue weighted by molar-refractivity contribution is 6.31. The van der Waals surface area contributed by atoms with Gasteiger partial charge in [-0.3, -0.25) is 0 Å². The van der Waals surface area contributed by atoms with Gasteiger partial charge in [0.2, 0.25) is 0 Å². The number of aryl methyl sites for hydroxylation is 1. The number of fused-ring (bicyclic) bond motifs is 2. The van der Waals surface area contributed by atoms with Crippen LogP contribution in [0.1, 0.15) is 38.7 Å². The van der Waals surface area contributed by atoms with Crippen LogP contribution >= 0.6 is 11.6 Å². The molecule has 3 heteroatoms. The number of benzene rings is 1. The monoisotopic (exact) mass is 306 g/mol. The van der Waals surface area contributed by atoms with E-state index < -0.39 is 0 Å². The molecule has 2 unspecified atom stereocenters. The molecule has 2 aliphatic rings. The average molecular weight is 307 g/mol. The van der Waals surface area contributed by atoms with Gasteiger partial charge in [-0.1, -0.05) is 24.1 Å². The highest BCUT2D eigenvalue weighted by atomic mass is 35.5. The van der Waals surface area contributed by atoms with E-state index in [4.69, 9.17) is 11.6 Å². The predicted molar refractivity (Wildman–Crippen MR) is 91.1 cm³/mol. The summed E-state index contributed by atoms with van der Waals surface area (Å²) in [6.07, 6.45) is 4.11. The van der Waals surface area contributed by atoms with Crippen LogP contribution in [0.3, 0.4) is 0 Å².